The highest BCUT2D eigenvalue weighted by atomic mass is 35.5. The molecule has 0 radical (unpaired) electrons. The summed E-state index contributed by atoms with van der Waals surface area (Å²) < 4.78 is 23.0. The highest BCUT2D eigenvalue weighted by Crippen LogP contribution is 2.18. The van der Waals surface area contributed by atoms with E-state index < -0.39 is 21.8 Å². The molecular weight excluding hydrogens is 366 g/mol. The van der Waals surface area contributed by atoms with Crippen LogP contribution in [0.3, 0.4) is 0 Å². The summed E-state index contributed by atoms with van der Waals surface area (Å²) in [5, 5.41) is 10.6. The number of anilines is 1. The first-order valence-electron chi connectivity index (χ1n) is 7.14. The molecule has 0 spiro atoms. The predicted octanol–water partition coefficient (Wildman–Crippen LogP) is 1.66. The van der Waals surface area contributed by atoms with Gasteiger partial charge in [0.25, 0.3) is 5.91 Å². The van der Waals surface area contributed by atoms with Gasteiger partial charge in [0.15, 0.2) is 0 Å². The van der Waals surface area contributed by atoms with Crippen LogP contribution in [0.25, 0.3) is 0 Å². The zero-order valence-corrected chi connectivity index (χ0v) is 14.8. The molecule has 7 nitrogen and oxygen atoms in total. The number of halogens is 1. The zero-order valence-electron chi connectivity index (χ0n) is 13.2. The Hall–Kier alpha value is -2.42. The molecule has 0 heterocycles. The van der Waals surface area contributed by atoms with Crippen molar-refractivity contribution in [3.63, 3.8) is 0 Å². The third-order valence-electron chi connectivity index (χ3n) is 3.29. The van der Waals surface area contributed by atoms with Crippen LogP contribution in [-0.4, -0.2) is 26.8 Å². The van der Waals surface area contributed by atoms with E-state index in [0.717, 1.165) is 0 Å². The molecule has 2 rings (SSSR count). The maximum absolute atomic E-state index is 11.9. The Balaban J connectivity index is 1.99. The van der Waals surface area contributed by atoms with E-state index >= 15 is 0 Å². The average Bonchev–Trinajstić information content (AvgIpc) is 2.54. The van der Waals surface area contributed by atoms with Crippen molar-refractivity contribution in [2.75, 3.05) is 11.9 Å². The Morgan fingerprint density at radius 2 is 1.76 bits per heavy atom. The minimum Gasteiger partial charge on any atom is -0.343 e. The molecular formula is C16H16ClN3O4S. The van der Waals surface area contributed by atoms with E-state index in [4.69, 9.17) is 16.7 Å². The third-order valence-corrected chi connectivity index (χ3v) is 4.60. The Morgan fingerprint density at radius 1 is 1.12 bits per heavy atom. The summed E-state index contributed by atoms with van der Waals surface area (Å²) in [5.74, 6) is -0.938. The van der Waals surface area contributed by atoms with Crippen molar-refractivity contribution < 1.29 is 18.0 Å². The first kappa shape index (κ1) is 18.9. The number of nitrogens with two attached hydrogens (primary N) is 1. The zero-order chi connectivity index (χ0) is 18.6. The van der Waals surface area contributed by atoms with Gasteiger partial charge in [-0.2, -0.15) is 0 Å². The molecule has 132 valence electrons. The number of sulfonamides is 1. The molecule has 0 saturated carbocycles. The summed E-state index contributed by atoms with van der Waals surface area (Å²) in [6, 6.07) is 10.5. The highest BCUT2D eigenvalue weighted by molar-refractivity contribution is 7.89. The average molecular weight is 382 g/mol. The summed E-state index contributed by atoms with van der Waals surface area (Å²) in [5.41, 5.74) is 1.10. The van der Waals surface area contributed by atoms with E-state index in [0.29, 0.717) is 16.1 Å². The third kappa shape index (κ3) is 5.28. The maximum atomic E-state index is 11.9. The first-order chi connectivity index (χ1) is 11.7. The van der Waals surface area contributed by atoms with Crippen molar-refractivity contribution in [2.24, 2.45) is 5.14 Å². The van der Waals surface area contributed by atoms with Gasteiger partial charge in [-0.3, -0.25) is 9.59 Å². The van der Waals surface area contributed by atoms with Gasteiger partial charge in [-0.1, -0.05) is 17.7 Å². The largest absolute Gasteiger partial charge is 0.343 e. The second-order valence-electron chi connectivity index (χ2n) is 5.26. The summed E-state index contributed by atoms with van der Waals surface area (Å²) in [4.78, 5) is 23.8. The predicted molar refractivity (Wildman–Crippen MR) is 95.0 cm³/mol. The summed E-state index contributed by atoms with van der Waals surface area (Å²) in [6.45, 7) is 1.32. The monoisotopic (exact) mass is 381 g/mol. The molecule has 0 aliphatic heterocycles. The number of amides is 2. The lowest BCUT2D eigenvalue weighted by molar-refractivity contribution is -0.115. The lowest BCUT2D eigenvalue weighted by Crippen LogP contribution is -2.32. The smallest absolute Gasteiger partial charge is 0.251 e. The van der Waals surface area contributed by atoms with Crippen molar-refractivity contribution in [2.45, 2.75) is 11.8 Å². The fourth-order valence-corrected chi connectivity index (χ4v) is 2.99. The Morgan fingerprint density at radius 3 is 2.36 bits per heavy atom. The van der Waals surface area contributed by atoms with Crippen molar-refractivity contribution in [3.05, 3.63) is 58.6 Å². The second kappa shape index (κ2) is 7.64. The number of benzene rings is 2. The van der Waals surface area contributed by atoms with Crippen molar-refractivity contribution in [1.82, 2.24) is 5.32 Å². The molecule has 0 fully saturated rings. The van der Waals surface area contributed by atoms with E-state index in [1.807, 2.05) is 0 Å². The number of nitrogens with one attached hydrogen (secondary N) is 2. The highest BCUT2D eigenvalue weighted by Gasteiger charge is 2.13. The number of carbonyl (C=O) groups excluding carboxylic acids is 2. The van der Waals surface area contributed by atoms with Crippen LogP contribution in [0.4, 0.5) is 5.69 Å². The number of hydrogen-bond acceptors (Lipinski definition) is 4. The van der Waals surface area contributed by atoms with Crippen LogP contribution < -0.4 is 15.8 Å². The van der Waals surface area contributed by atoms with E-state index in [2.05, 4.69) is 10.6 Å². The van der Waals surface area contributed by atoms with Crippen molar-refractivity contribution in [1.29, 1.82) is 0 Å². The van der Waals surface area contributed by atoms with Crippen LogP contribution in [0, 0.1) is 6.92 Å². The van der Waals surface area contributed by atoms with E-state index in [1.54, 1.807) is 25.1 Å². The van der Waals surface area contributed by atoms with Gasteiger partial charge in [-0.05, 0) is 48.9 Å². The number of hydrogen-bond donors (Lipinski definition) is 3. The lowest BCUT2D eigenvalue weighted by atomic mass is 10.2. The summed E-state index contributed by atoms with van der Waals surface area (Å²) in [7, 11) is -3.89. The van der Waals surface area contributed by atoms with Crippen molar-refractivity contribution in [3.8, 4) is 0 Å². The molecule has 0 aromatic heterocycles. The Bertz CT molecular complexity index is 911. The number of rotatable bonds is 5. The van der Waals surface area contributed by atoms with Crippen LogP contribution in [0.5, 0.6) is 0 Å². The minimum atomic E-state index is -3.89. The molecule has 2 aromatic carbocycles. The van der Waals surface area contributed by atoms with Crippen LogP contribution in [0.1, 0.15) is 15.9 Å². The van der Waals surface area contributed by atoms with E-state index in [-0.39, 0.29) is 17.1 Å². The van der Waals surface area contributed by atoms with Gasteiger partial charge in [-0.15, -0.1) is 0 Å². The lowest BCUT2D eigenvalue weighted by Gasteiger charge is -2.10. The van der Waals surface area contributed by atoms with Crippen LogP contribution in [0.15, 0.2) is 47.4 Å². The fourth-order valence-electron chi connectivity index (χ4n) is 2.05. The van der Waals surface area contributed by atoms with Crippen LogP contribution >= 0.6 is 11.6 Å². The molecule has 0 aliphatic rings. The molecule has 0 saturated heterocycles. The summed E-state index contributed by atoms with van der Waals surface area (Å²) >= 11 is 5.74. The number of primary sulfonamides is 1. The topological polar surface area (TPSA) is 118 Å². The normalized spacial score (nSPS) is 11.0. The molecule has 4 N–H and O–H groups in total. The Labute approximate surface area is 150 Å². The molecule has 2 amide bonds. The van der Waals surface area contributed by atoms with Gasteiger partial charge in [0, 0.05) is 16.3 Å². The van der Waals surface area contributed by atoms with Gasteiger partial charge in [0.2, 0.25) is 15.9 Å². The van der Waals surface area contributed by atoms with Gasteiger partial charge in [-0.25, -0.2) is 13.6 Å². The van der Waals surface area contributed by atoms with Crippen LogP contribution in [0.2, 0.25) is 5.02 Å². The van der Waals surface area contributed by atoms with Gasteiger partial charge in [0.05, 0.1) is 11.4 Å². The fraction of sp³-hybridized carbons (Fsp3) is 0.125. The number of carbonyl (C=O) groups is 2. The SMILES string of the molecule is Cc1ccc(NC(=O)CNC(=O)c2ccc(Cl)cc2)cc1S(N)(=O)=O. The molecule has 0 atom stereocenters. The van der Waals surface area contributed by atoms with E-state index in [1.165, 1.54) is 24.3 Å². The standard InChI is InChI=1S/C16H16ClN3O4S/c1-10-2-7-13(8-14(10)25(18,23)24)20-15(21)9-19-16(22)11-3-5-12(17)6-4-11/h2-8H,9H2,1H3,(H,19,22)(H,20,21)(H2,18,23,24). The second-order valence-corrected chi connectivity index (χ2v) is 7.23. The van der Waals surface area contributed by atoms with Crippen LogP contribution in [-0.2, 0) is 14.8 Å². The van der Waals surface area contributed by atoms with Crippen molar-refractivity contribution >= 4 is 39.1 Å². The van der Waals surface area contributed by atoms with Gasteiger partial charge in [0.1, 0.15) is 0 Å². The van der Waals surface area contributed by atoms with Gasteiger partial charge >= 0.3 is 0 Å². The quantitative estimate of drug-likeness (QED) is 0.729. The molecule has 2 aromatic rings. The van der Waals surface area contributed by atoms with E-state index in [9.17, 15) is 18.0 Å². The minimum absolute atomic E-state index is 0.0736. The molecule has 0 aliphatic carbocycles. The number of aryl methyl sites for hydroxylation is 1. The van der Waals surface area contributed by atoms with Gasteiger partial charge < -0.3 is 10.6 Å². The molecule has 0 bridgehead atoms. The Kier molecular flexibility index (Phi) is 5.78. The molecule has 9 heteroatoms. The first-order valence-corrected chi connectivity index (χ1v) is 9.06. The summed E-state index contributed by atoms with van der Waals surface area (Å²) in [6.07, 6.45) is 0. The molecule has 0 unspecified atom stereocenters. The molecule has 25 heavy (non-hydrogen) atoms. The maximum Gasteiger partial charge on any atom is 0.251 e.